The first-order chi connectivity index (χ1) is 8.11. The molecule has 0 bridgehead atoms. The van der Waals surface area contributed by atoms with Gasteiger partial charge in [-0.25, -0.2) is 4.98 Å². The number of aromatic nitrogens is 1. The average Bonchev–Trinajstić information content (AvgIpc) is 2.85. The number of likely N-dealkylation sites (N-methyl/N-ethyl adjacent to an activating group) is 1. The van der Waals surface area contributed by atoms with Gasteiger partial charge >= 0.3 is 0 Å². The molecule has 1 saturated heterocycles. The molecule has 3 nitrogen and oxygen atoms in total. The van der Waals surface area contributed by atoms with Gasteiger partial charge in [0.05, 0.1) is 10.7 Å². The number of hydrogen-bond acceptors (Lipinski definition) is 4. The van der Waals surface area contributed by atoms with E-state index >= 15 is 0 Å². The van der Waals surface area contributed by atoms with Crippen molar-refractivity contribution in [2.75, 3.05) is 26.7 Å². The van der Waals surface area contributed by atoms with E-state index in [9.17, 15) is 0 Å². The summed E-state index contributed by atoms with van der Waals surface area (Å²) < 4.78 is 0. The third kappa shape index (κ3) is 2.87. The quantitative estimate of drug-likeness (QED) is 0.895. The van der Waals surface area contributed by atoms with Gasteiger partial charge in [0, 0.05) is 17.3 Å². The molecule has 1 aliphatic rings. The van der Waals surface area contributed by atoms with Crippen LogP contribution in [0.4, 0.5) is 0 Å². The number of hydrogen-bond donors (Lipinski definition) is 1. The van der Waals surface area contributed by atoms with Crippen LogP contribution >= 0.6 is 11.3 Å². The van der Waals surface area contributed by atoms with Gasteiger partial charge in [0.15, 0.2) is 0 Å². The lowest BCUT2D eigenvalue weighted by Crippen LogP contribution is -2.13. The molecule has 1 aromatic heterocycles. The summed E-state index contributed by atoms with van der Waals surface area (Å²) in [7, 11) is 2.19. The first-order valence-electron chi connectivity index (χ1n) is 6.47. The van der Waals surface area contributed by atoms with Gasteiger partial charge in [0.1, 0.15) is 0 Å². The molecule has 2 unspecified atom stereocenters. The Morgan fingerprint density at radius 2 is 2.35 bits per heavy atom. The summed E-state index contributed by atoms with van der Waals surface area (Å²) in [6.45, 7) is 7.54. The van der Waals surface area contributed by atoms with Crippen molar-refractivity contribution in [1.82, 2.24) is 9.88 Å². The number of thiazole rings is 1. The van der Waals surface area contributed by atoms with Crippen LogP contribution in [0.25, 0.3) is 0 Å². The Morgan fingerprint density at radius 3 is 2.94 bits per heavy atom. The van der Waals surface area contributed by atoms with E-state index in [0.29, 0.717) is 11.8 Å². The smallest absolute Gasteiger partial charge is 0.0975 e. The molecule has 0 aromatic carbocycles. The van der Waals surface area contributed by atoms with Crippen LogP contribution in [-0.2, 0) is 0 Å². The second-order valence-electron chi connectivity index (χ2n) is 5.23. The van der Waals surface area contributed by atoms with E-state index < -0.39 is 0 Å². The molecule has 0 aliphatic carbocycles. The molecule has 2 atom stereocenters. The second kappa shape index (κ2) is 5.46. The summed E-state index contributed by atoms with van der Waals surface area (Å²) >= 11 is 1.91. The zero-order valence-electron chi connectivity index (χ0n) is 11.1. The largest absolute Gasteiger partial charge is 0.330 e. The number of aryl methyl sites for hydroxylation is 1. The van der Waals surface area contributed by atoms with Gasteiger partial charge in [0.2, 0.25) is 0 Å². The SMILES string of the molecule is Cc1nc(C2CCN(C)C2)sc1C(C)CCN. The Kier molecular flexibility index (Phi) is 4.17. The molecule has 17 heavy (non-hydrogen) atoms. The van der Waals surface area contributed by atoms with Crippen molar-refractivity contribution in [2.45, 2.75) is 38.5 Å². The Hall–Kier alpha value is -0.450. The summed E-state index contributed by atoms with van der Waals surface area (Å²) in [4.78, 5) is 8.62. The lowest BCUT2D eigenvalue weighted by molar-refractivity contribution is 0.411. The average molecular weight is 253 g/mol. The molecule has 0 radical (unpaired) electrons. The van der Waals surface area contributed by atoms with Crippen molar-refractivity contribution in [3.05, 3.63) is 15.6 Å². The normalized spacial score (nSPS) is 23.2. The number of nitrogens with zero attached hydrogens (tertiary/aromatic N) is 2. The lowest BCUT2D eigenvalue weighted by Gasteiger charge is -2.08. The van der Waals surface area contributed by atoms with Crippen LogP contribution in [0.15, 0.2) is 0 Å². The van der Waals surface area contributed by atoms with Crippen LogP contribution in [0.3, 0.4) is 0 Å². The summed E-state index contributed by atoms with van der Waals surface area (Å²) in [5, 5.41) is 1.34. The van der Waals surface area contributed by atoms with Crippen molar-refractivity contribution >= 4 is 11.3 Å². The van der Waals surface area contributed by atoms with Crippen LogP contribution in [0, 0.1) is 6.92 Å². The van der Waals surface area contributed by atoms with Crippen molar-refractivity contribution in [1.29, 1.82) is 0 Å². The molecular weight excluding hydrogens is 230 g/mol. The van der Waals surface area contributed by atoms with E-state index in [1.807, 2.05) is 11.3 Å². The first kappa shape index (κ1) is 13.0. The molecule has 1 aromatic rings. The number of nitrogens with two attached hydrogens (primary N) is 1. The van der Waals surface area contributed by atoms with E-state index in [2.05, 4.69) is 25.8 Å². The van der Waals surface area contributed by atoms with Crippen molar-refractivity contribution in [2.24, 2.45) is 5.73 Å². The van der Waals surface area contributed by atoms with E-state index in [4.69, 9.17) is 10.7 Å². The van der Waals surface area contributed by atoms with Gasteiger partial charge < -0.3 is 10.6 Å². The highest BCUT2D eigenvalue weighted by molar-refractivity contribution is 7.12. The molecule has 0 amide bonds. The highest BCUT2D eigenvalue weighted by Crippen LogP contribution is 2.35. The minimum Gasteiger partial charge on any atom is -0.330 e. The minimum atomic E-state index is 0.561. The van der Waals surface area contributed by atoms with E-state index in [-0.39, 0.29) is 0 Å². The summed E-state index contributed by atoms with van der Waals surface area (Å²) in [5.74, 6) is 1.22. The van der Waals surface area contributed by atoms with Crippen LogP contribution in [0.2, 0.25) is 0 Å². The second-order valence-corrected chi connectivity index (χ2v) is 6.29. The van der Waals surface area contributed by atoms with Gasteiger partial charge in [-0.05, 0) is 45.8 Å². The summed E-state index contributed by atoms with van der Waals surface area (Å²) in [5.41, 5.74) is 6.86. The maximum atomic E-state index is 5.64. The van der Waals surface area contributed by atoms with Crippen LogP contribution < -0.4 is 5.73 Å². The maximum absolute atomic E-state index is 5.64. The lowest BCUT2D eigenvalue weighted by atomic mass is 10.1. The molecule has 0 spiro atoms. The Labute approximate surface area is 108 Å². The molecule has 2 rings (SSSR count). The topological polar surface area (TPSA) is 42.2 Å². The fourth-order valence-corrected chi connectivity index (χ4v) is 3.86. The van der Waals surface area contributed by atoms with Crippen molar-refractivity contribution in [3.8, 4) is 0 Å². The van der Waals surface area contributed by atoms with E-state index in [1.165, 1.54) is 28.5 Å². The predicted octanol–water partition coefficient (Wildman–Crippen LogP) is 2.32. The third-order valence-electron chi connectivity index (χ3n) is 3.64. The van der Waals surface area contributed by atoms with Gasteiger partial charge in [-0.2, -0.15) is 0 Å². The molecule has 2 N–H and O–H groups in total. The highest BCUT2D eigenvalue weighted by Gasteiger charge is 2.25. The van der Waals surface area contributed by atoms with Gasteiger partial charge in [-0.3, -0.25) is 0 Å². The van der Waals surface area contributed by atoms with E-state index in [1.54, 1.807) is 0 Å². The fourth-order valence-electron chi connectivity index (χ4n) is 2.58. The molecule has 96 valence electrons. The van der Waals surface area contributed by atoms with Gasteiger partial charge in [-0.1, -0.05) is 6.92 Å². The number of rotatable bonds is 4. The zero-order valence-corrected chi connectivity index (χ0v) is 11.9. The molecule has 1 aliphatic heterocycles. The fraction of sp³-hybridized carbons (Fsp3) is 0.769. The maximum Gasteiger partial charge on any atom is 0.0975 e. The molecule has 1 fully saturated rings. The zero-order chi connectivity index (χ0) is 12.4. The monoisotopic (exact) mass is 253 g/mol. The molecule has 4 heteroatoms. The summed E-state index contributed by atoms with van der Waals surface area (Å²) in [6, 6.07) is 0. The minimum absolute atomic E-state index is 0.561. The van der Waals surface area contributed by atoms with Crippen LogP contribution in [-0.4, -0.2) is 36.6 Å². The standard InChI is InChI=1S/C13H23N3S/c1-9(4-6-14)12-10(2)15-13(17-12)11-5-7-16(3)8-11/h9,11H,4-8,14H2,1-3H3. The Bertz CT molecular complexity index is 375. The predicted molar refractivity (Wildman–Crippen MR) is 73.8 cm³/mol. The first-order valence-corrected chi connectivity index (χ1v) is 7.29. The van der Waals surface area contributed by atoms with Crippen LogP contribution in [0.5, 0.6) is 0 Å². The van der Waals surface area contributed by atoms with Crippen molar-refractivity contribution in [3.63, 3.8) is 0 Å². The molecule has 2 heterocycles. The third-order valence-corrected chi connectivity index (χ3v) is 5.19. The van der Waals surface area contributed by atoms with E-state index in [0.717, 1.165) is 19.5 Å². The molecular formula is C13H23N3S. The van der Waals surface area contributed by atoms with Crippen LogP contribution in [0.1, 0.15) is 47.2 Å². The van der Waals surface area contributed by atoms with Crippen molar-refractivity contribution < 1.29 is 0 Å². The Balaban J connectivity index is 2.12. The van der Waals surface area contributed by atoms with Gasteiger partial charge in [-0.15, -0.1) is 11.3 Å². The highest BCUT2D eigenvalue weighted by atomic mass is 32.1. The number of likely N-dealkylation sites (tertiary alicyclic amines) is 1. The summed E-state index contributed by atoms with van der Waals surface area (Å²) in [6.07, 6.45) is 2.32. The Morgan fingerprint density at radius 1 is 1.59 bits per heavy atom. The molecule has 0 saturated carbocycles. The van der Waals surface area contributed by atoms with Gasteiger partial charge in [0.25, 0.3) is 0 Å².